The van der Waals surface area contributed by atoms with Gasteiger partial charge in [0, 0.05) is 5.75 Å². The summed E-state index contributed by atoms with van der Waals surface area (Å²) >= 11 is 0.524. The molecule has 0 spiro atoms. The van der Waals surface area contributed by atoms with Crippen LogP contribution in [-0.4, -0.2) is 33.2 Å². The fraction of sp³-hybridized carbons (Fsp3) is 1.00. The summed E-state index contributed by atoms with van der Waals surface area (Å²) in [6.45, 7) is -0.284. The predicted octanol–water partition coefficient (Wildman–Crippen LogP) is -0.454. The van der Waals surface area contributed by atoms with Gasteiger partial charge in [0.1, 0.15) is 0 Å². The molecule has 0 heterocycles. The Balaban J connectivity index is 2.83. The molecule has 0 unspecified atom stereocenters. The third-order valence-corrected chi connectivity index (χ3v) is 1.01. The van der Waals surface area contributed by atoms with E-state index in [9.17, 15) is 0 Å². The van der Waals surface area contributed by atoms with Gasteiger partial charge in [0.2, 0.25) is 0 Å². The molecule has 44 valence electrons. The van der Waals surface area contributed by atoms with Crippen molar-refractivity contribution in [1.29, 1.82) is 0 Å². The quantitative estimate of drug-likeness (QED) is 0.446. The molecule has 4 heteroatoms. The van der Waals surface area contributed by atoms with Gasteiger partial charge in [0.15, 0.2) is 0 Å². The molecule has 3 N–H and O–H groups in total. The van der Waals surface area contributed by atoms with Crippen LogP contribution in [0.25, 0.3) is 0 Å². The van der Waals surface area contributed by atoms with Crippen molar-refractivity contribution in [3.63, 3.8) is 0 Å². The molecule has 0 bridgehead atoms. The molecule has 0 aromatic rings. The van der Waals surface area contributed by atoms with Gasteiger partial charge in [0.05, 0.1) is 12.7 Å². The lowest BCUT2D eigenvalue weighted by molar-refractivity contribution is 0.113. The maximum Gasteiger partial charge on any atom is 0.0883 e. The van der Waals surface area contributed by atoms with Crippen LogP contribution in [-0.2, 0) is 0 Å². The molecule has 1 atom stereocenters. The molecule has 3 nitrogen and oxygen atoms in total. The van der Waals surface area contributed by atoms with Crippen molar-refractivity contribution in [2.75, 3.05) is 12.4 Å². The zero-order chi connectivity index (χ0) is 5.70. The highest BCUT2D eigenvalue weighted by Crippen LogP contribution is 1.93. The summed E-state index contributed by atoms with van der Waals surface area (Å²) in [6, 6.07) is 0. The smallest absolute Gasteiger partial charge is 0.0883 e. The Hall–Kier alpha value is 0.230. The summed E-state index contributed by atoms with van der Waals surface area (Å²) in [5.74, 6) is 0.177. The fourth-order valence-corrected chi connectivity index (χ4v) is 0.416. The molecule has 0 aliphatic heterocycles. The standard InChI is InChI=1S/C3H8O3S/c4-1-3(5)2-7-6/h3-6H,1-2H2/t3-/m1/s1. The van der Waals surface area contributed by atoms with E-state index >= 15 is 0 Å². The highest BCUT2D eigenvalue weighted by molar-refractivity contribution is 7.93. The molecule has 0 saturated carbocycles. The first-order chi connectivity index (χ1) is 3.31. The predicted molar refractivity (Wildman–Crippen MR) is 28.2 cm³/mol. The molecule has 0 aromatic heterocycles. The highest BCUT2D eigenvalue weighted by Gasteiger charge is 1.97. The second-order valence-electron chi connectivity index (χ2n) is 1.13. The molecule has 0 aromatic carbocycles. The van der Waals surface area contributed by atoms with E-state index in [1.165, 1.54) is 0 Å². The lowest BCUT2D eigenvalue weighted by Gasteiger charge is -1.99. The minimum absolute atomic E-state index is 0.177. The summed E-state index contributed by atoms with van der Waals surface area (Å²) in [5, 5.41) is 16.5. The van der Waals surface area contributed by atoms with Crippen LogP contribution in [0.3, 0.4) is 0 Å². The Kier molecular flexibility index (Phi) is 4.53. The summed E-state index contributed by atoms with van der Waals surface area (Å²) < 4.78 is 8.01. The molecular formula is C3H8O3S. The Morgan fingerprint density at radius 2 is 2.14 bits per heavy atom. The summed E-state index contributed by atoms with van der Waals surface area (Å²) in [6.07, 6.45) is -0.782. The third-order valence-electron chi connectivity index (χ3n) is 0.478. The fourth-order valence-electron chi connectivity index (χ4n) is 0.139. The lowest BCUT2D eigenvalue weighted by atomic mass is 10.4. The molecule has 0 amide bonds. The van der Waals surface area contributed by atoms with E-state index in [-0.39, 0.29) is 12.4 Å². The van der Waals surface area contributed by atoms with Crippen molar-refractivity contribution in [3.8, 4) is 0 Å². The minimum Gasteiger partial charge on any atom is -0.394 e. The average Bonchev–Trinajstić information content (AvgIpc) is 1.68. The van der Waals surface area contributed by atoms with Crippen molar-refractivity contribution >= 4 is 12.0 Å². The van der Waals surface area contributed by atoms with E-state index in [0.717, 1.165) is 0 Å². The normalized spacial score (nSPS) is 14.1. The first kappa shape index (κ1) is 7.23. The number of hydrogen-bond acceptors (Lipinski definition) is 4. The number of aliphatic hydroxyl groups is 2. The Morgan fingerprint density at radius 3 is 2.29 bits per heavy atom. The van der Waals surface area contributed by atoms with Crippen LogP contribution in [0.4, 0.5) is 0 Å². The van der Waals surface area contributed by atoms with Crippen molar-refractivity contribution < 1.29 is 14.8 Å². The molecule has 0 aliphatic carbocycles. The van der Waals surface area contributed by atoms with E-state index in [2.05, 4.69) is 0 Å². The van der Waals surface area contributed by atoms with Crippen LogP contribution >= 0.6 is 12.0 Å². The summed E-state index contributed by atoms with van der Waals surface area (Å²) in [5.41, 5.74) is 0. The topological polar surface area (TPSA) is 60.7 Å². The summed E-state index contributed by atoms with van der Waals surface area (Å²) in [7, 11) is 0. The van der Waals surface area contributed by atoms with Crippen molar-refractivity contribution in [2.24, 2.45) is 0 Å². The Morgan fingerprint density at radius 1 is 1.57 bits per heavy atom. The Labute approximate surface area is 46.2 Å². The van der Waals surface area contributed by atoms with Gasteiger partial charge >= 0.3 is 0 Å². The van der Waals surface area contributed by atoms with E-state index in [1.807, 2.05) is 0 Å². The van der Waals surface area contributed by atoms with Crippen molar-refractivity contribution in [3.05, 3.63) is 0 Å². The van der Waals surface area contributed by atoms with E-state index in [4.69, 9.17) is 14.8 Å². The van der Waals surface area contributed by atoms with Gasteiger partial charge < -0.3 is 14.8 Å². The van der Waals surface area contributed by atoms with Crippen molar-refractivity contribution in [1.82, 2.24) is 0 Å². The maximum absolute atomic E-state index is 8.43. The molecule has 0 radical (unpaired) electrons. The molecule has 0 aliphatic rings. The Bertz CT molecular complexity index is 41.2. The van der Waals surface area contributed by atoms with Gasteiger partial charge in [-0.1, -0.05) is 0 Å². The largest absolute Gasteiger partial charge is 0.394 e. The lowest BCUT2D eigenvalue weighted by Crippen LogP contribution is -2.14. The van der Waals surface area contributed by atoms with E-state index < -0.39 is 6.10 Å². The zero-order valence-electron chi connectivity index (χ0n) is 3.74. The minimum atomic E-state index is -0.782. The van der Waals surface area contributed by atoms with E-state index in [1.54, 1.807) is 0 Å². The number of aliphatic hydroxyl groups excluding tert-OH is 2. The van der Waals surface area contributed by atoms with Gasteiger partial charge in [-0.05, 0) is 12.0 Å². The van der Waals surface area contributed by atoms with Gasteiger partial charge in [0.25, 0.3) is 0 Å². The van der Waals surface area contributed by atoms with Crippen molar-refractivity contribution in [2.45, 2.75) is 6.10 Å². The molecule has 0 rings (SSSR count). The van der Waals surface area contributed by atoms with Crippen LogP contribution in [0.2, 0.25) is 0 Å². The average molecular weight is 124 g/mol. The SMILES string of the molecule is OC[C@@H](O)CSO. The molecule has 7 heavy (non-hydrogen) atoms. The summed E-state index contributed by atoms with van der Waals surface area (Å²) in [4.78, 5) is 0. The first-order valence-electron chi connectivity index (χ1n) is 1.86. The van der Waals surface area contributed by atoms with Gasteiger partial charge in [-0.15, -0.1) is 0 Å². The highest BCUT2D eigenvalue weighted by atomic mass is 32.2. The van der Waals surface area contributed by atoms with E-state index in [0.29, 0.717) is 12.0 Å². The van der Waals surface area contributed by atoms with Crippen LogP contribution in [0.5, 0.6) is 0 Å². The van der Waals surface area contributed by atoms with Gasteiger partial charge in [-0.25, -0.2) is 0 Å². The monoisotopic (exact) mass is 124 g/mol. The van der Waals surface area contributed by atoms with Crippen LogP contribution < -0.4 is 0 Å². The molecule has 0 fully saturated rings. The van der Waals surface area contributed by atoms with Crippen LogP contribution in [0.1, 0.15) is 0 Å². The number of hydrogen-bond donors (Lipinski definition) is 3. The van der Waals surface area contributed by atoms with Crippen LogP contribution in [0, 0.1) is 0 Å². The maximum atomic E-state index is 8.43. The second-order valence-corrected chi connectivity index (χ2v) is 1.72. The number of rotatable bonds is 3. The molecule has 0 saturated heterocycles. The second kappa shape index (κ2) is 4.39. The first-order valence-corrected chi connectivity index (χ1v) is 2.80. The van der Waals surface area contributed by atoms with Crippen LogP contribution in [0.15, 0.2) is 0 Å². The van der Waals surface area contributed by atoms with Gasteiger partial charge in [-0.2, -0.15) is 0 Å². The van der Waals surface area contributed by atoms with Gasteiger partial charge in [-0.3, -0.25) is 0 Å². The molecular weight excluding hydrogens is 116 g/mol. The third kappa shape index (κ3) is 4.08. The zero-order valence-corrected chi connectivity index (χ0v) is 4.56.